The van der Waals surface area contributed by atoms with Gasteiger partial charge in [0.05, 0.1) is 23.6 Å². The Morgan fingerprint density at radius 3 is 2.34 bits per heavy atom. The van der Waals surface area contributed by atoms with Crippen molar-refractivity contribution < 1.29 is 22.7 Å². The summed E-state index contributed by atoms with van der Waals surface area (Å²) in [6.07, 6.45) is 0. The lowest BCUT2D eigenvalue weighted by Crippen LogP contribution is -2.37. The molecule has 8 nitrogen and oxygen atoms in total. The summed E-state index contributed by atoms with van der Waals surface area (Å²) in [5.74, 6) is -0.431. The zero-order valence-corrected chi connectivity index (χ0v) is 17.5. The number of hydrogen-bond donors (Lipinski definition) is 2. The van der Waals surface area contributed by atoms with Gasteiger partial charge < -0.3 is 15.4 Å². The number of amides is 2. The van der Waals surface area contributed by atoms with Crippen LogP contribution >= 0.6 is 0 Å². The second kappa shape index (κ2) is 10.0. The number of nitrogens with zero attached hydrogens (tertiary/aromatic N) is 1. The molecule has 0 unspecified atom stereocenters. The van der Waals surface area contributed by atoms with Crippen molar-refractivity contribution in [2.45, 2.75) is 18.4 Å². The van der Waals surface area contributed by atoms with E-state index >= 15 is 0 Å². The molecular formula is C20H25N3O5S. The highest BCUT2D eigenvalue weighted by atomic mass is 32.2. The van der Waals surface area contributed by atoms with Gasteiger partial charge in [0.15, 0.2) is 0 Å². The molecule has 0 saturated carbocycles. The molecule has 29 heavy (non-hydrogen) atoms. The van der Waals surface area contributed by atoms with Crippen LogP contribution in [0.3, 0.4) is 0 Å². The fourth-order valence-corrected chi connectivity index (χ4v) is 3.66. The van der Waals surface area contributed by atoms with Gasteiger partial charge in [-0.15, -0.1) is 0 Å². The Morgan fingerprint density at radius 2 is 1.66 bits per heavy atom. The lowest BCUT2D eigenvalue weighted by molar-refractivity contribution is -0.120. The van der Waals surface area contributed by atoms with Crippen molar-refractivity contribution in [2.24, 2.45) is 0 Å². The van der Waals surface area contributed by atoms with E-state index in [9.17, 15) is 18.0 Å². The molecule has 0 aliphatic heterocycles. The van der Waals surface area contributed by atoms with Crippen LogP contribution in [-0.2, 0) is 21.4 Å². The number of para-hydroxylation sites is 1. The molecule has 2 rings (SSSR count). The molecule has 2 aromatic carbocycles. The maximum atomic E-state index is 12.4. The quantitative estimate of drug-likeness (QED) is 0.639. The first kappa shape index (κ1) is 22.4. The molecule has 0 saturated heterocycles. The molecule has 0 atom stereocenters. The maximum Gasteiger partial charge on any atom is 0.255 e. The average molecular weight is 420 g/mol. The SMILES string of the molecule is CCOc1ccccc1C(=O)NCC(=O)NCc1ccccc1S(=O)(=O)N(C)C. The van der Waals surface area contributed by atoms with Gasteiger partial charge in [-0.2, -0.15) is 0 Å². The Hall–Kier alpha value is -2.91. The third-order valence-electron chi connectivity index (χ3n) is 4.05. The zero-order valence-electron chi connectivity index (χ0n) is 16.6. The summed E-state index contributed by atoms with van der Waals surface area (Å²) in [7, 11) is -0.740. The molecular weight excluding hydrogens is 394 g/mol. The molecule has 2 aromatic rings. The van der Waals surface area contributed by atoms with Gasteiger partial charge in [0.2, 0.25) is 15.9 Å². The summed E-state index contributed by atoms with van der Waals surface area (Å²) >= 11 is 0. The fraction of sp³-hybridized carbons (Fsp3) is 0.300. The van der Waals surface area contributed by atoms with Crippen molar-refractivity contribution >= 4 is 21.8 Å². The van der Waals surface area contributed by atoms with Gasteiger partial charge in [0.25, 0.3) is 5.91 Å². The minimum Gasteiger partial charge on any atom is -0.493 e. The number of carbonyl (C=O) groups is 2. The molecule has 0 fully saturated rings. The number of carbonyl (C=O) groups excluding carboxylic acids is 2. The van der Waals surface area contributed by atoms with Crippen LogP contribution in [0.25, 0.3) is 0 Å². The summed E-state index contributed by atoms with van der Waals surface area (Å²) in [5.41, 5.74) is 0.798. The number of ether oxygens (including phenoxy) is 1. The molecule has 0 aromatic heterocycles. The van der Waals surface area contributed by atoms with Crippen molar-refractivity contribution in [1.82, 2.24) is 14.9 Å². The van der Waals surface area contributed by atoms with Crippen LogP contribution in [0.1, 0.15) is 22.8 Å². The zero-order chi connectivity index (χ0) is 21.4. The Morgan fingerprint density at radius 1 is 1.00 bits per heavy atom. The third-order valence-corrected chi connectivity index (χ3v) is 5.96. The number of nitrogens with one attached hydrogen (secondary N) is 2. The topological polar surface area (TPSA) is 105 Å². The molecule has 2 N–H and O–H groups in total. The van der Waals surface area contributed by atoms with E-state index in [1.807, 2.05) is 6.92 Å². The van der Waals surface area contributed by atoms with Crippen molar-refractivity contribution in [1.29, 1.82) is 0 Å². The highest BCUT2D eigenvalue weighted by Crippen LogP contribution is 2.19. The molecule has 0 spiro atoms. The molecule has 0 heterocycles. The first-order valence-corrected chi connectivity index (χ1v) is 10.5. The van der Waals surface area contributed by atoms with Crippen LogP contribution in [0.15, 0.2) is 53.4 Å². The lowest BCUT2D eigenvalue weighted by atomic mass is 10.2. The normalized spacial score (nSPS) is 11.2. The van der Waals surface area contributed by atoms with Gasteiger partial charge in [0, 0.05) is 20.6 Å². The molecule has 0 bridgehead atoms. The summed E-state index contributed by atoms with van der Waals surface area (Å²) in [6, 6.07) is 13.2. The highest BCUT2D eigenvalue weighted by Gasteiger charge is 2.21. The van der Waals surface area contributed by atoms with Gasteiger partial charge in [-0.3, -0.25) is 9.59 Å². The van der Waals surface area contributed by atoms with Crippen LogP contribution in [0.4, 0.5) is 0 Å². The fourth-order valence-electron chi connectivity index (χ4n) is 2.55. The van der Waals surface area contributed by atoms with E-state index < -0.39 is 21.8 Å². The standard InChI is InChI=1S/C20H25N3O5S/c1-4-28-17-11-7-6-10-16(17)20(25)22-14-19(24)21-13-15-9-5-8-12-18(15)29(26,27)23(2)3/h5-12H,4,13-14H2,1-3H3,(H,21,24)(H,22,25). The smallest absolute Gasteiger partial charge is 0.255 e. The second-order valence-corrected chi connectivity index (χ2v) is 8.40. The number of benzene rings is 2. The molecule has 0 radical (unpaired) electrons. The first-order valence-electron chi connectivity index (χ1n) is 9.04. The predicted molar refractivity (Wildman–Crippen MR) is 109 cm³/mol. The Kier molecular flexibility index (Phi) is 7.74. The summed E-state index contributed by atoms with van der Waals surface area (Å²) < 4.78 is 31.3. The molecule has 0 aliphatic carbocycles. The van der Waals surface area contributed by atoms with E-state index in [0.29, 0.717) is 23.5 Å². The van der Waals surface area contributed by atoms with Gasteiger partial charge in [-0.05, 0) is 30.7 Å². The monoisotopic (exact) mass is 419 g/mol. The average Bonchev–Trinajstić information content (AvgIpc) is 2.71. The van der Waals surface area contributed by atoms with Gasteiger partial charge in [-0.25, -0.2) is 12.7 Å². The van der Waals surface area contributed by atoms with Crippen LogP contribution in [0.5, 0.6) is 5.75 Å². The van der Waals surface area contributed by atoms with Gasteiger partial charge in [-0.1, -0.05) is 30.3 Å². The van der Waals surface area contributed by atoms with E-state index in [1.165, 1.54) is 20.2 Å². The molecule has 9 heteroatoms. The third kappa shape index (κ3) is 5.78. The van der Waals surface area contributed by atoms with Crippen molar-refractivity contribution in [3.8, 4) is 5.75 Å². The second-order valence-electron chi connectivity index (χ2n) is 6.28. The van der Waals surface area contributed by atoms with E-state index in [-0.39, 0.29) is 18.0 Å². The van der Waals surface area contributed by atoms with Crippen LogP contribution in [0, 0.1) is 0 Å². The van der Waals surface area contributed by atoms with Gasteiger partial charge in [0.1, 0.15) is 5.75 Å². The Balaban J connectivity index is 1.98. The summed E-state index contributed by atoms with van der Waals surface area (Å²) in [6.45, 7) is 2.01. The van der Waals surface area contributed by atoms with E-state index in [0.717, 1.165) is 4.31 Å². The van der Waals surface area contributed by atoms with Crippen molar-refractivity contribution in [3.05, 3.63) is 59.7 Å². The maximum absolute atomic E-state index is 12.4. The number of sulfonamides is 1. The van der Waals surface area contributed by atoms with E-state index in [2.05, 4.69) is 10.6 Å². The number of rotatable bonds is 9. The number of hydrogen-bond acceptors (Lipinski definition) is 5. The van der Waals surface area contributed by atoms with Crippen molar-refractivity contribution in [2.75, 3.05) is 27.2 Å². The van der Waals surface area contributed by atoms with Crippen LogP contribution in [-0.4, -0.2) is 51.8 Å². The van der Waals surface area contributed by atoms with Crippen LogP contribution in [0.2, 0.25) is 0 Å². The summed E-state index contributed by atoms with van der Waals surface area (Å²) in [5, 5.41) is 5.17. The Labute approximate surface area is 170 Å². The van der Waals surface area contributed by atoms with Crippen LogP contribution < -0.4 is 15.4 Å². The van der Waals surface area contributed by atoms with E-state index in [1.54, 1.807) is 42.5 Å². The van der Waals surface area contributed by atoms with Gasteiger partial charge >= 0.3 is 0 Å². The Bertz CT molecular complexity index is 974. The van der Waals surface area contributed by atoms with E-state index in [4.69, 9.17) is 4.74 Å². The molecule has 156 valence electrons. The predicted octanol–water partition coefficient (Wildman–Crippen LogP) is 1.38. The highest BCUT2D eigenvalue weighted by molar-refractivity contribution is 7.89. The largest absolute Gasteiger partial charge is 0.493 e. The molecule has 0 aliphatic rings. The van der Waals surface area contributed by atoms with Crippen molar-refractivity contribution in [3.63, 3.8) is 0 Å². The molecule has 2 amide bonds. The summed E-state index contributed by atoms with van der Waals surface area (Å²) in [4.78, 5) is 24.6. The minimum atomic E-state index is -3.63. The minimum absolute atomic E-state index is 0.0213. The lowest BCUT2D eigenvalue weighted by Gasteiger charge is -2.15. The first-order chi connectivity index (χ1) is 13.8.